The van der Waals surface area contributed by atoms with Crippen LogP contribution in [0, 0.1) is 0 Å². The van der Waals surface area contributed by atoms with Gasteiger partial charge in [0.05, 0.1) is 0 Å². The van der Waals surface area contributed by atoms with E-state index in [-0.39, 0.29) is 11.6 Å². The Kier molecular flexibility index (Phi) is 3.58. The number of nitrogens with two attached hydrogens (primary N) is 1. The van der Waals surface area contributed by atoms with Crippen LogP contribution in [0.25, 0.3) is 0 Å². The Morgan fingerprint density at radius 3 is 3.05 bits per heavy atom. The van der Waals surface area contributed by atoms with Gasteiger partial charge in [0.1, 0.15) is 11.4 Å². The standard InChI is InChI=1S/C15H21BrN2O/c1-18-7-2-5-15(6-8-18)10-13(17)12-9-11(16)3-4-14(12)19-15/h3-4,9,13H,2,5-8,10,17H2,1H3/t13-,15?/m0/s1. The number of nitrogens with zero attached hydrogens (tertiary/aromatic N) is 1. The fourth-order valence-electron chi connectivity index (χ4n) is 3.30. The fourth-order valence-corrected chi connectivity index (χ4v) is 3.68. The van der Waals surface area contributed by atoms with Gasteiger partial charge in [0.2, 0.25) is 0 Å². The third kappa shape index (κ3) is 2.67. The minimum atomic E-state index is -0.0506. The number of halogens is 1. The van der Waals surface area contributed by atoms with Crippen LogP contribution in [-0.4, -0.2) is 30.6 Å². The molecule has 2 N–H and O–H groups in total. The number of fused-ring (bicyclic) bond motifs is 1. The molecular weight excluding hydrogens is 304 g/mol. The van der Waals surface area contributed by atoms with E-state index >= 15 is 0 Å². The summed E-state index contributed by atoms with van der Waals surface area (Å²) in [6.07, 6.45) is 4.31. The summed E-state index contributed by atoms with van der Waals surface area (Å²) < 4.78 is 7.46. The Hall–Kier alpha value is -0.580. The molecule has 1 spiro atoms. The molecule has 3 rings (SSSR count). The van der Waals surface area contributed by atoms with Crippen LogP contribution in [0.1, 0.15) is 37.3 Å². The van der Waals surface area contributed by atoms with Crippen molar-refractivity contribution >= 4 is 15.9 Å². The van der Waals surface area contributed by atoms with Crippen LogP contribution in [0.15, 0.2) is 22.7 Å². The fraction of sp³-hybridized carbons (Fsp3) is 0.600. The topological polar surface area (TPSA) is 38.5 Å². The summed E-state index contributed by atoms with van der Waals surface area (Å²) in [4.78, 5) is 2.39. The zero-order valence-electron chi connectivity index (χ0n) is 11.4. The van der Waals surface area contributed by atoms with E-state index in [2.05, 4.69) is 40.0 Å². The van der Waals surface area contributed by atoms with Gasteiger partial charge in [0.15, 0.2) is 0 Å². The van der Waals surface area contributed by atoms with Crippen LogP contribution in [0.5, 0.6) is 5.75 Å². The van der Waals surface area contributed by atoms with Gasteiger partial charge in [-0.1, -0.05) is 15.9 Å². The summed E-state index contributed by atoms with van der Waals surface area (Å²) in [5.74, 6) is 0.978. The highest BCUT2D eigenvalue weighted by Crippen LogP contribution is 2.43. The average molecular weight is 325 g/mol. The van der Waals surface area contributed by atoms with Crippen molar-refractivity contribution in [1.29, 1.82) is 0 Å². The highest BCUT2D eigenvalue weighted by atomic mass is 79.9. The highest BCUT2D eigenvalue weighted by molar-refractivity contribution is 9.10. The molecule has 1 aromatic carbocycles. The van der Waals surface area contributed by atoms with Crippen molar-refractivity contribution in [2.45, 2.75) is 37.3 Å². The monoisotopic (exact) mass is 324 g/mol. The maximum Gasteiger partial charge on any atom is 0.124 e. The first-order chi connectivity index (χ1) is 9.08. The molecule has 1 fully saturated rings. The van der Waals surface area contributed by atoms with Crippen molar-refractivity contribution in [3.63, 3.8) is 0 Å². The molecule has 19 heavy (non-hydrogen) atoms. The van der Waals surface area contributed by atoms with Crippen molar-refractivity contribution in [3.8, 4) is 5.75 Å². The molecule has 0 amide bonds. The minimum Gasteiger partial charge on any atom is -0.487 e. The van der Waals surface area contributed by atoms with Gasteiger partial charge in [-0.15, -0.1) is 0 Å². The molecule has 0 radical (unpaired) electrons. The molecule has 2 heterocycles. The largest absolute Gasteiger partial charge is 0.487 e. The van der Waals surface area contributed by atoms with Crippen LogP contribution in [-0.2, 0) is 0 Å². The average Bonchev–Trinajstić information content (AvgIpc) is 2.54. The van der Waals surface area contributed by atoms with Gasteiger partial charge < -0.3 is 15.4 Å². The smallest absolute Gasteiger partial charge is 0.124 e. The predicted molar refractivity (Wildman–Crippen MR) is 80.4 cm³/mol. The first-order valence-electron chi connectivity index (χ1n) is 7.01. The second-order valence-electron chi connectivity index (χ2n) is 5.93. The van der Waals surface area contributed by atoms with Crippen LogP contribution in [0.3, 0.4) is 0 Å². The maximum atomic E-state index is 6.39. The maximum absolute atomic E-state index is 6.39. The van der Waals surface area contributed by atoms with Crippen LogP contribution >= 0.6 is 15.9 Å². The number of hydrogen-bond acceptors (Lipinski definition) is 3. The van der Waals surface area contributed by atoms with E-state index in [4.69, 9.17) is 10.5 Å². The molecule has 1 saturated heterocycles. The molecule has 1 aromatic rings. The summed E-state index contributed by atoms with van der Waals surface area (Å²) in [5, 5.41) is 0. The molecule has 0 saturated carbocycles. The molecule has 2 aliphatic heterocycles. The molecule has 1 unspecified atom stereocenters. The van der Waals surface area contributed by atoms with E-state index in [1.165, 1.54) is 6.42 Å². The molecule has 0 aromatic heterocycles. The molecular formula is C15H21BrN2O. The molecule has 4 heteroatoms. The number of ether oxygens (including phenoxy) is 1. The van der Waals surface area contributed by atoms with Gasteiger partial charge in [-0.25, -0.2) is 0 Å². The number of hydrogen-bond donors (Lipinski definition) is 1. The predicted octanol–water partition coefficient (Wildman–Crippen LogP) is 3.09. The zero-order valence-corrected chi connectivity index (χ0v) is 12.9. The van der Waals surface area contributed by atoms with E-state index in [0.717, 1.165) is 48.1 Å². The lowest BCUT2D eigenvalue weighted by atomic mass is 9.82. The summed E-state index contributed by atoms with van der Waals surface area (Å²) in [6.45, 7) is 2.26. The van der Waals surface area contributed by atoms with Gasteiger partial charge in [0.25, 0.3) is 0 Å². The van der Waals surface area contributed by atoms with Gasteiger partial charge in [-0.3, -0.25) is 0 Å². The lowest BCUT2D eigenvalue weighted by Crippen LogP contribution is -2.43. The lowest BCUT2D eigenvalue weighted by molar-refractivity contribution is 0.0223. The molecule has 104 valence electrons. The normalized spacial score (nSPS) is 31.6. The molecule has 0 bridgehead atoms. The van der Waals surface area contributed by atoms with Gasteiger partial charge in [-0.2, -0.15) is 0 Å². The molecule has 2 aliphatic rings. The van der Waals surface area contributed by atoms with Gasteiger partial charge in [0, 0.05) is 29.0 Å². The molecule has 2 atom stereocenters. The van der Waals surface area contributed by atoms with Crippen LogP contribution in [0.2, 0.25) is 0 Å². The first-order valence-corrected chi connectivity index (χ1v) is 7.80. The quantitative estimate of drug-likeness (QED) is 0.797. The number of rotatable bonds is 0. The highest BCUT2D eigenvalue weighted by Gasteiger charge is 2.40. The van der Waals surface area contributed by atoms with E-state index in [1.54, 1.807) is 0 Å². The minimum absolute atomic E-state index is 0.0506. The van der Waals surface area contributed by atoms with Gasteiger partial charge >= 0.3 is 0 Å². The second kappa shape index (κ2) is 5.08. The third-order valence-corrected chi connectivity index (χ3v) is 4.90. The van der Waals surface area contributed by atoms with E-state index in [9.17, 15) is 0 Å². The Bertz CT molecular complexity index is 479. The van der Waals surface area contributed by atoms with E-state index in [0.29, 0.717) is 0 Å². The third-order valence-electron chi connectivity index (χ3n) is 4.41. The summed E-state index contributed by atoms with van der Waals surface area (Å²) in [5.41, 5.74) is 7.48. The van der Waals surface area contributed by atoms with E-state index in [1.807, 2.05) is 6.07 Å². The summed E-state index contributed by atoms with van der Waals surface area (Å²) in [7, 11) is 2.19. The van der Waals surface area contributed by atoms with Crippen LogP contribution in [0.4, 0.5) is 0 Å². The number of likely N-dealkylation sites (tertiary alicyclic amines) is 1. The Morgan fingerprint density at radius 1 is 1.37 bits per heavy atom. The SMILES string of the molecule is CN1CCCC2(CC1)C[C@H](N)c1cc(Br)ccc1O2. The Morgan fingerprint density at radius 2 is 2.21 bits per heavy atom. The summed E-state index contributed by atoms with van der Waals surface area (Å²) in [6, 6.07) is 6.27. The van der Waals surface area contributed by atoms with Gasteiger partial charge in [-0.05, 0) is 51.1 Å². The molecule has 0 aliphatic carbocycles. The van der Waals surface area contributed by atoms with Crippen molar-refractivity contribution in [2.75, 3.05) is 20.1 Å². The summed E-state index contributed by atoms with van der Waals surface area (Å²) >= 11 is 3.51. The van der Waals surface area contributed by atoms with Crippen LogP contribution < -0.4 is 10.5 Å². The van der Waals surface area contributed by atoms with Crippen molar-refractivity contribution in [1.82, 2.24) is 4.90 Å². The van der Waals surface area contributed by atoms with Crippen molar-refractivity contribution in [2.24, 2.45) is 5.73 Å². The Labute approximate surface area is 123 Å². The molecule has 3 nitrogen and oxygen atoms in total. The first kappa shape index (κ1) is 13.4. The lowest BCUT2D eigenvalue weighted by Gasteiger charge is -2.41. The second-order valence-corrected chi connectivity index (χ2v) is 6.85. The number of benzene rings is 1. The van der Waals surface area contributed by atoms with E-state index < -0.39 is 0 Å². The Balaban J connectivity index is 1.89. The zero-order chi connectivity index (χ0) is 13.5. The van der Waals surface area contributed by atoms with Crippen molar-refractivity contribution < 1.29 is 4.74 Å². The van der Waals surface area contributed by atoms with Crippen molar-refractivity contribution in [3.05, 3.63) is 28.2 Å².